The monoisotopic (exact) mass is 267 g/mol. The van der Waals surface area contributed by atoms with E-state index in [4.69, 9.17) is 0 Å². The van der Waals surface area contributed by atoms with Crippen molar-refractivity contribution in [1.29, 1.82) is 0 Å². The Morgan fingerprint density at radius 3 is 2.42 bits per heavy atom. The smallest absolute Gasteiger partial charge is 0.00980 e. The molecule has 4 atom stereocenters. The largest absolute Gasteiger partial charge is 0.311 e. The maximum Gasteiger partial charge on any atom is 0.00980 e. The van der Waals surface area contributed by atoms with Crippen LogP contribution < -0.4 is 5.32 Å². The standard InChI is InChI=1S/C18H37N/c1-6-8-9-10-17(7-2)19-18-13-16(14(3)4)12-11-15(18)5/h14-19H,6-13H2,1-5H3. The Balaban J connectivity index is 2.42. The van der Waals surface area contributed by atoms with Gasteiger partial charge in [0.25, 0.3) is 0 Å². The Hall–Kier alpha value is -0.0400. The lowest BCUT2D eigenvalue weighted by molar-refractivity contribution is 0.167. The van der Waals surface area contributed by atoms with Crippen LogP contribution in [0.5, 0.6) is 0 Å². The number of unbranched alkanes of at least 4 members (excludes halogenated alkanes) is 2. The quantitative estimate of drug-likeness (QED) is 0.581. The second kappa shape index (κ2) is 9.00. The van der Waals surface area contributed by atoms with Crippen LogP contribution in [0.15, 0.2) is 0 Å². The summed E-state index contributed by atoms with van der Waals surface area (Å²) in [5.74, 6) is 2.68. The minimum Gasteiger partial charge on any atom is -0.311 e. The Morgan fingerprint density at radius 2 is 1.84 bits per heavy atom. The highest BCUT2D eigenvalue weighted by atomic mass is 15.0. The van der Waals surface area contributed by atoms with Crippen molar-refractivity contribution < 1.29 is 0 Å². The van der Waals surface area contributed by atoms with Gasteiger partial charge in [0.05, 0.1) is 0 Å². The average molecular weight is 268 g/mol. The van der Waals surface area contributed by atoms with E-state index in [0.29, 0.717) is 0 Å². The van der Waals surface area contributed by atoms with E-state index in [9.17, 15) is 0 Å². The molecule has 0 aromatic heterocycles. The highest BCUT2D eigenvalue weighted by molar-refractivity contribution is 4.86. The topological polar surface area (TPSA) is 12.0 Å². The minimum atomic E-state index is 0.755. The summed E-state index contributed by atoms with van der Waals surface area (Å²) in [5, 5.41) is 4.00. The summed E-state index contributed by atoms with van der Waals surface area (Å²) in [6.07, 6.45) is 11.1. The zero-order valence-electron chi connectivity index (χ0n) is 14.0. The molecule has 0 radical (unpaired) electrons. The van der Waals surface area contributed by atoms with Crippen molar-refractivity contribution in [3.8, 4) is 0 Å². The number of hydrogen-bond acceptors (Lipinski definition) is 1. The molecule has 4 unspecified atom stereocenters. The molecule has 0 heterocycles. The van der Waals surface area contributed by atoms with Crippen molar-refractivity contribution in [2.45, 2.75) is 98.1 Å². The van der Waals surface area contributed by atoms with E-state index >= 15 is 0 Å². The van der Waals surface area contributed by atoms with Crippen LogP contribution in [-0.4, -0.2) is 12.1 Å². The van der Waals surface area contributed by atoms with E-state index in [1.54, 1.807) is 0 Å². The van der Waals surface area contributed by atoms with Gasteiger partial charge in [-0.15, -0.1) is 0 Å². The summed E-state index contributed by atoms with van der Waals surface area (Å²) in [5.41, 5.74) is 0. The first-order chi connectivity index (χ1) is 9.08. The molecule has 1 N–H and O–H groups in total. The maximum absolute atomic E-state index is 4.00. The van der Waals surface area contributed by atoms with Gasteiger partial charge >= 0.3 is 0 Å². The van der Waals surface area contributed by atoms with Gasteiger partial charge in [-0.25, -0.2) is 0 Å². The van der Waals surface area contributed by atoms with Crippen LogP contribution in [0.2, 0.25) is 0 Å². The molecule has 0 saturated heterocycles. The molecule has 0 aromatic rings. The summed E-state index contributed by atoms with van der Waals surface area (Å²) in [6.45, 7) is 11.9. The Labute approximate surface area is 121 Å². The zero-order chi connectivity index (χ0) is 14.3. The molecule has 0 bridgehead atoms. The van der Waals surface area contributed by atoms with Gasteiger partial charge in [-0.05, 0) is 49.9 Å². The lowest BCUT2D eigenvalue weighted by atomic mass is 9.74. The molecule has 19 heavy (non-hydrogen) atoms. The Bertz CT molecular complexity index is 224. The van der Waals surface area contributed by atoms with Crippen molar-refractivity contribution in [3.63, 3.8) is 0 Å². The van der Waals surface area contributed by atoms with Crippen molar-refractivity contribution in [1.82, 2.24) is 5.32 Å². The molecule has 1 nitrogen and oxygen atoms in total. The molecule has 1 aliphatic rings. The summed E-state index contributed by atoms with van der Waals surface area (Å²) in [4.78, 5) is 0. The van der Waals surface area contributed by atoms with E-state index in [-0.39, 0.29) is 0 Å². The molecule has 1 heteroatoms. The first-order valence-corrected chi connectivity index (χ1v) is 8.84. The summed E-state index contributed by atoms with van der Waals surface area (Å²) < 4.78 is 0. The van der Waals surface area contributed by atoms with E-state index in [0.717, 1.165) is 29.8 Å². The van der Waals surface area contributed by atoms with Gasteiger partial charge in [0.15, 0.2) is 0 Å². The van der Waals surface area contributed by atoms with Gasteiger partial charge in [-0.2, -0.15) is 0 Å². The predicted octanol–water partition coefficient (Wildman–Crippen LogP) is 5.40. The summed E-state index contributed by atoms with van der Waals surface area (Å²) >= 11 is 0. The minimum absolute atomic E-state index is 0.755. The van der Waals surface area contributed by atoms with Gasteiger partial charge in [0.1, 0.15) is 0 Å². The van der Waals surface area contributed by atoms with Crippen molar-refractivity contribution in [2.75, 3.05) is 0 Å². The predicted molar refractivity (Wildman–Crippen MR) is 86.5 cm³/mol. The van der Waals surface area contributed by atoms with Crippen molar-refractivity contribution in [3.05, 3.63) is 0 Å². The first kappa shape index (κ1) is 17.0. The second-order valence-corrected chi connectivity index (χ2v) is 7.17. The van der Waals surface area contributed by atoms with Crippen LogP contribution in [0.25, 0.3) is 0 Å². The van der Waals surface area contributed by atoms with Crippen LogP contribution in [0.3, 0.4) is 0 Å². The van der Waals surface area contributed by atoms with Crippen molar-refractivity contribution in [2.24, 2.45) is 17.8 Å². The van der Waals surface area contributed by atoms with Crippen LogP contribution in [0, 0.1) is 17.8 Å². The molecule has 0 amide bonds. The Morgan fingerprint density at radius 1 is 1.11 bits per heavy atom. The van der Waals surface area contributed by atoms with Gasteiger partial charge < -0.3 is 5.32 Å². The molecule has 1 aliphatic carbocycles. The van der Waals surface area contributed by atoms with E-state index in [1.165, 1.54) is 51.4 Å². The lowest BCUT2D eigenvalue weighted by Gasteiger charge is -2.38. The third-order valence-corrected chi connectivity index (χ3v) is 5.28. The fourth-order valence-electron chi connectivity index (χ4n) is 3.54. The van der Waals surface area contributed by atoms with Gasteiger partial charge in [-0.1, -0.05) is 53.9 Å². The summed E-state index contributed by atoms with van der Waals surface area (Å²) in [6, 6.07) is 1.53. The molecule has 0 aromatic carbocycles. The first-order valence-electron chi connectivity index (χ1n) is 8.84. The second-order valence-electron chi connectivity index (χ2n) is 7.17. The molecule has 114 valence electrons. The molecule has 0 aliphatic heterocycles. The fourth-order valence-corrected chi connectivity index (χ4v) is 3.54. The number of nitrogens with one attached hydrogen (secondary N) is 1. The molecular formula is C18H37N. The van der Waals surface area contributed by atoms with Crippen LogP contribution >= 0.6 is 0 Å². The Kier molecular flexibility index (Phi) is 8.06. The molecule has 1 saturated carbocycles. The fraction of sp³-hybridized carbons (Fsp3) is 1.00. The van der Waals surface area contributed by atoms with Crippen LogP contribution in [0.1, 0.15) is 86.0 Å². The van der Waals surface area contributed by atoms with Gasteiger partial charge in [-0.3, -0.25) is 0 Å². The van der Waals surface area contributed by atoms with Gasteiger partial charge in [0, 0.05) is 12.1 Å². The van der Waals surface area contributed by atoms with Crippen molar-refractivity contribution >= 4 is 0 Å². The number of rotatable bonds is 8. The summed E-state index contributed by atoms with van der Waals surface area (Å²) in [7, 11) is 0. The molecule has 1 rings (SSSR count). The highest BCUT2D eigenvalue weighted by Crippen LogP contribution is 2.33. The van der Waals surface area contributed by atoms with Crippen LogP contribution in [-0.2, 0) is 0 Å². The highest BCUT2D eigenvalue weighted by Gasteiger charge is 2.30. The molecular weight excluding hydrogens is 230 g/mol. The van der Waals surface area contributed by atoms with E-state index in [2.05, 4.69) is 39.9 Å². The maximum atomic E-state index is 4.00. The van der Waals surface area contributed by atoms with Gasteiger partial charge in [0.2, 0.25) is 0 Å². The third-order valence-electron chi connectivity index (χ3n) is 5.28. The molecule has 0 spiro atoms. The SMILES string of the molecule is CCCCCC(CC)NC1CC(C(C)C)CCC1C. The number of hydrogen-bond donors (Lipinski definition) is 1. The van der Waals surface area contributed by atoms with Crippen LogP contribution in [0.4, 0.5) is 0 Å². The lowest BCUT2D eigenvalue weighted by Crippen LogP contribution is -2.45. The third kappa shape index (κ3) is 5.85. The average Bonchev–Trinajstić information content (AvgIpc) is 2.39. The normalized spacial score (nSPS) is 29.7. The van der Waals surface area contributed by atoms with E-state index < -0.39 is 0 Å². The zero-order valence-corrected chi connectivity index (χ0v) is 14.0. The van der Waals surface area contributed by atoms with E-state index in [1.807, 2.05) is 0 Å². The molecule has 1 fully saturated rings.